The van der Waals surface area contributed by atoms with Crippen LogP contribution in [0.2, 0.25) is 0 Å². The molecule has 6 rings (SSSR count). The van der Waals surface area contributed by atoms with Gasteiger partial charge in [-0.2, -0.15) is 19.0 Å². The third kappa shape index (κ3) is 2.97. The number of rotatable bonds is 4. The number of nitrogens with zero attached hydrogens (tertiary/aromatic N) is 7. The SMILES string of the molecule is O=C([C@H]1C[C@@H]1F)N1C2CCC1CN(c1ncnn3cc(-c4cnn(C(F)F)c4)cc13)C2. The summed E-state index contributed by atoms with van der Waals surface area (Å²) in [5.41, 5.74) is 2.04. The molecule has 2 unspecified atom stereocenters. The number of hydrogen-bond acceptors (Lipinski definition) is 5. The molecule has 5 heterocycles. The van der Waals surface area contributed by atoms with Gasteiger partial charge in [-0.05, 0) is 25.3 Å². The van der Waals surface area contributed by atoms with E-state index < -0.39 is 18.6 Å². The number of piperazine rings is 1. The Morgan fingerprint density at radius 1 is 1.10 bits per heavy atom. The maximum Gasteiger partial charge on any atom is 0.333 e. The van der Waals surface area contributed by atoms with E-state index in [9.17, 15) is 18.0 Å². The summed E-state index contributed by atoms with van der Waals surface area (Å²) in [5, 5.41) is 7.96. The van der Waals surface area contributed by atoms with Crippen molar-refractivity contribution in [2.24, 2.45) is 5.92 Å². The lowest BCUT2D eigenvalue weighted by Gasteiger charge is -2.41. The zero-order valence-electron chi connectivity index (χ0n) is 16.5. The van der Waals surface area contributed by atoms with E-state index in [1.54, 1.807) is 10.7 Å². The molecule has 2 saturated heterocycles. The quantitative estimate of drug-likeness (QED) is 0.635. The summed E-state index contributed by atoms with van der Waals surface area (Å²) >= 11 is 0. The van der Waals surface area contributed by atoms with Crippen LogP contribution in [0.5, 0.6) is 0 Å². The fourth-order valence-corrected chi connectivity index (χ4v) is 4.96. The minimum Gasteiger partial charge on any atom is -0.351 e. The molecule has 3 aliphatic rings. The van der Waals surface area contributed by atoms with Crippen LogP contribution in [0.15, 0.2) is 31.0 Å². The second-order valence-electron chi connectivity index (χ2n) is 8.52. The summed E-state index contributed by atoms with van der Waals surface area (Å²) in [6, 6.07) is 1.96. The zero-order chi connectivity index (χ0) is 21.3. The van der Waals surface area contributed by atoms with Gasteiger partial charge in [0.2, 0.25) is 5.91 Å². The van der Waals surface area contributed by atoms with Crippen LogP contribution >= 0.6 is 0 Å². The van der Waals surface area contributed by atoms with E-state index in [4.69, 9.17) is 0 Å². The fourth-order valence-electron chi connectivity index (χ4n) is 4.96. The second kappa shape index (κ2) is 6.69. The molecule has 0 aromatic carbocycles. The number of aromatic nitrogens is 5. The third-order valence-corrected chi connectivity index (χ3v) is 6.59. The normalized spacial score (nSPS) is 27.5. The van der Waals surface area contributed by atoms with E-state index in [-0.39, 0.29) is 18.0 Å². The molecule has 1 amide bonds. The number of halogens is 3. The van der Waals surface area contributed by atoms with Gasteiger partial charge in [-0.25, -0.2) is 18.6 Å². The number of alkyl halides is 3. The number of carbonyl (C=O) groups is 1. The van der Waals surface area contributed by atoms with Crippen molar-refractivity contribution < 1.29 is 18.0 Å². The van der Waals surface area contributed by atoms with E-state index in [0.29, 0.717) is 35.3 Å². The molecule has 0 spiro atoms. The van der Waals surface area contributed by atoms with Gasteiger partial charge in [-0.3, -0.25) is 4.79 Å². The Hall–Kier alpha value is -3.11. The monoisotopic (exact) mass is 431 g/mol. The number of amides is 1. The Morgan fingerprint density at radius 3 is 2.48 bits per heavy atom. The largest absolute Gasteiger partial charge is 0.351 e. The van der Waals surface area contributed by atoms with E-state index in [1.807, 2.05) is 11.0 Å². The highest BCUT2D eigenvalue weighted by Gasteiger charge is 2.51. The fraction of sp³-hybridized carbons (Fsp3) is 0.500. The highest BCUT2D eigenvalue weighted by molar-refractivity contribution is 5.84. The Bertz CT molecular complexity index is 1150. The van der Waals surface area contributed by atoms with Gasteiger partial charge in [-0.1, -0.05) is 0 Å². The topological polar surface area (TPSA) is 71.6 Å². The van der Waals surface area contributed by atoms with Crippen LogP contribution in [0.25, 0.3) is 16.6 Å². The third-order valence-electron chi connectivity index (χ3n) is 6.59. The molecule has 3 aromatic rings. The summed E-state index contributed by atoms with van der Waals surface area (Å²) in [6.07, 6.45) is 7.08. The standard InChI is InChI=1S/C20H20F3N7O/c21-16-4-15(16)19(31)30-13-1-2-14(30)9-27(8-13)18-17-3-11(6-28(17)26-10-24-18)12-5-25-29(7-12)20(22)23/h3,5-7,10,13-16,20H,1-2,4,8-9H2/t13?,14?,15-,16-/m0/s1. The molecule has 162 valence electrons. The summed E-state index contributed by atoms with van der Waals surface area (Å²) in [6.45, 7) is -1.44. The highest BCUT2D eigenvalue weighted by Crippen LogP contribution is 2.41. The lowest BCUT2D eigenvalue weighted by molar-refractivity contribution is -0.136. The molecule has 1 saturated carbocycles. The summed E-state index contributed by atoms with van der Waals surface area (Å²) in [5.74, 6) is 0.234. The van der Waals surface area contributed by atoms with Crippen molar-refractivity contribution in [1.29, 1.82) is 0 Å². The average Bonchev–Trinajstić information content (AvgIpc) is 3.12. The summed E-state index contributed by atoms with van der Waals surface area (Å²) in [4.78, 5) is 21.2. The maximum atomic E-state index is 13.4. The van der Waals surface area contributed by atoms with Gasteiger partial charge in [-0.15, -0.1) is 0 Å². The van der Waals surface area contributed by atoms with Gasteiger partial charge in [0.1, 0.15) is 18.0 Å². The molecule has 2 bridgehead atoms. The molecule has 0 N–H and O–H groups in total. The summed E-state index contributed by atoms with van der Waals surface area (Å²) in [7, 11) is 0. The van der Waals surface area contributed by atoms with Crippen LogP contribution < -0.4 is 4.90 Å². The molecule has 1 aliphatic carbocycles. The predicted molar refractivity (Wildman–Crippen MR) is 104 cm³/mol. The first kappa shape index (κ1) is 18.6. The highest BCUT2D eigenvalue weighted by atomic mass is 19.3. The molecular formula is C20H20F3N7O. The number of anilines is 1. The lowest BCUT2D eigenvalue weighted by atomic mass is 10.1. The van der Waals surface area contributed by atoms with Gasteiger partial charge in [0, 0.05) is 48.7 Å². The molecule has 0 radical (unpaired) electrons. The van der Waals surface area contributed by atoms with E-state index >= 15 is 0 Å². The van der Waals surface area contributed by atoms with E-state index in [1.165, 1.54) is 18.7 Å². The van der Waals surface area contributed by atoms with Gasteiger partial charge >= 0.3 is 6.55 Å². The van der Waals surface area contributed by atoms with Crippen LogP contribution in [-0.4, -0.2) is 66.5 Å². The van der Waals surface area contributed by atoms with Gasteiger partial charge < -0.3 is 9.80 Å². The zero-order valence-corrected chi connectivity index (χ0v) is 16.5. The van der Waals surface area contributed by atoms with Crippen molar-refractivity contribution in [2.75, 3.05) is 18.0 Å². The minimum atomic E-state index is -2.70. The maximum absolute atomic E-state index is 13.4. The minimum absolute atomic E-state index is 0.0477. The molecule has 4 atom stereocenters. The number of hydrogen-bond donors (Lipinski definition) is 0. The van der Waals surface area contributed by atoms with E-state index in [0.717, 1.165) is 24.2 Å². The Balaban J connectivity index is 1.29. The smallest absolute Gasteiger partial charge is 0.333 e. The van der Waals surface area contributed by atoms with E-state index in [2.05, 4.69) is 20.1 Å². The molecular weight excluding hydrogens is 411 g/mol. The van der Waals surface area contributed by atoms with Crippen LogP contribution in [0.1, 0.15) is 25.8 Å². The number of carbonyl (C=O) groups excluding carboxylic acids is 1. The Labute approximate surface area is 175 Å². The van der Waals surface area contributed by atoms with Crippen LogP contribution in [0, 0.1) is 5.92 Å². The van der Waals surface area contributed by atoms with Gasteiger partial charge in [0.25, 0.3) is 0 Å². The van der Waals surface area contributed by atoms with Crippen molar-refractivity contribution in [3.63, 3.8) is 0 Å². The van der Waals surface area contributed by atoms with Crippen LogP contribution in [0.3, 0.4) is 0 Å². The number of fused-ring (bicyclic) bond motifs is 3. The van der Waals surface area contributed by atoms with Crippen LogP contribution in [-0.2, 0) is 4.79 Å². The van der Waals surface area contributed by atoms with Crippen molar-refractivity contribution in [1.82, 2.24) is 29.3 Å². The molecule has 2 aliphatic heterocycles. The summed E-state index contributed by atoms with van der Waals surface area (Å²) < 4.78 is 41.5. The first-order valence-electron chi connectivity index (χ1n) is 10.4. The second-order valence-corrected chi connectivity index (χ2v) is 8.52. The Morgan fingerprint density at radius 2 is 1.84 bits per heavy atom. The average molecular weight is 431 g/mol. The molecule has 3 fully saturated rings. The van der Waals surface area contributed by atoms with Crippen LogP contribution in [0.4, 0.5) is 19.0 Å². The first-order chi connectivity index (χ1) is 15.0. The van der Waals surface area contributed by atoms with Crippen molar-refractivity contribution in [3.8, 4) is 11.1 Å². The molecule has 11 heteroatoms. The molecule has 31 heavy (non-hydrogen) atoms. The molecule has 3 aromatic heterocycles. The van der Waals surface area contributed by atoms with Crippen molar-refractivity contribution in [2.45, 2.75) is 44.1 Å². The first-order valence-corrected chi connectivity index (χ1v) is 10.4. The van der Waals surface area contributed by atoms with Gasteiger partial charge in [0.05, 0.1) is 12.1 Å². The van der Waals surface area contributed by atoms with Crippen molar-refractivity contribution in [3.05, 3.63) is 31.0 Å². The molecule has 8 nitrogen and oxygen atoms in total. The van der Waals surface area contributed by atoms with Crippen molar-refractivity contribution >= 4 is 17.2 Å². The lowest BCUT2D eigenvalue weighted by Crippen LogP contribution is -2.56. The Kier molecular flexibility index (Phi) is 4.03. The predicted octanol–water partition coefficient (Wildman–Crippen LogP) is 2.53. The van der Waals surface area contributed by atoms with Gasteiger partial charge in [0.15, 0.2) is 5.82 Å².